The molecule has 0 saturated carbocycles. The van der Waals surface area contributed by atoms with Gasteiger partial charge in [0.05, 0.1) is 5.69 Å². The SMILES string of the molecule is CN1CCC([AsH]c2nc(C(=O)NCC3CCN(Cc4cnc(-c5ccccn5)s4)CC3)cc(N)c2C#N)CC1. The Labute approximate surface area is 240 Å². The standard InChI is InChI=1S/C28H35AsN8OS/c1-36-10-7-20(8-11-36)29-26-22(15-30)23(31)14-25(35-26)27(38)33-16-19-5-12-37(13-6-19)18-21-17-34-28(39-21)24-4-2-3-9-32-24/h2-4,9,14,17,19-20,29H,5-8,10-13,16,18H2,1H3,(H2,31,35)(H,33,38). The van der Waals surface area contributed by atoms with Crippen molar-refractivity contribution in [3.05, 3.63) is 52.8 Å². The van der Waals surface area contributed by atoms with Crippen LogP contribution in [-0.4, -0.2) is 86.2 Å². The Kier molecular flexibility index (Phi) is 9.25. The fourth-order valence-electron chi connectivity index (χ4n) is 5.13. The second-order valence-electron chi connectivity index (χ2n) is 10.4. The maximum atomic E-state index is 13.0. The van der Waals surface area contributed by atoms with Crippen LogP contribution in [0.1, 0.15) is 46.6 Å². The van der Waals surface area contributed by atoms with Crippen LogP contribution in [0.3, 0.4) is 0 Å². The van der Waals surface area contributed by atoms with Crippen molar-refractivity contribution in [1.82, 2.24) is 30.1 Å². The number of amides is 1. The summed E-state index contributed by atoms with van der Waals surface area (Å²) < 4.78 is 1.36. The number of nitrogens with zero attached hydrogens (tertiary/aromatic N) is 6. The Morgan fingerprint density at radius 1 is 1.21 bits per heavy atom. The fourth-order valence-corrected chi connectivity index (χ4v) is 9.14. The number of aromatic nitrogens is 3. The van der Waals surface area contributed by atoms with Gasteiger partial charge in [0.25, 0.3) is 0 Å². The topological polar surface area (TPSA) is 124 Å². The van der Waals surface area contributed by atoms with Gasteiger partial charge in [-0.05, 0) is 12.1 Å². The molecule has 0 aromatic carbocycles. The minimum atomic E-state index is -0.656. The zero-order valence-electron chi connectivity index (χ0n) is 22.3. The van der Waals surface area contributed by atoms with Gasteiger partial charge in [-0.15, -0.1) is 11.3 Å². The summed E-state index contributed by atoms with van der Waals surface area (Å²) in [6, 6.07) is 9.68. The van der Waals surface area contributed by atoms with Crippen LogP contribution in [0.25, 0.3) is 10.7 Å². The number of nitrogens with two attached hydrogens (primary N) is 1. The molecular formula is C28H35AsN8OS. The van der Waals surface area contributed by atoms with Crippen LogP contribution in [0, 0.1) is 17.2 Å². The molecule has 1 amide bonds. The van der Waals surface area contributed by atoms with E-state index in [4.69, 9.17) is 5.73 Å². The first-order chi connectivity index (χ1) is 19.0. The van der Waals surface area contributed by atoms with Gasteiger partial charge in [-0.1, -0.05) is 6.07 Å². The predicted octanol–water partition coefficient (Wildman–Crippen LogP) is 2.27. The van der Waals surface area contributed by atoms with E-state index in [1.54, 1.807) is 23.6 Å². The van der Waals surface area contributed by atoms with E-state index in [0.717, 1.165) is 73.6 Å². The van der Waals surface area contributed by atoms with Crippen molar-refractivity contribution >= 4 is 43.2 Å². The first-order valence-corrected chi connectivity index (χ1v) is 16.6. The van der Waals surface area contributed by atoms with Gasteiger partial charge in [0, 0.05) is 12.4 Å². The average Bonchev–Trinajstić information content (AvgIpc) is 3.42. The van der Waals surface area contributed by atoms with Crippen LogP contribution in [0.5, 0.6) is 0 Å². The molecule has 2 saturated heterocycles. The molecule has 0 aliphatic carbocycles. The molecule has 3 aromatic heterocycles. The van der Waals surface area contributed by atoms with E-state index in [0.29, 0.717) is 34.1 Å². The van der Waals surface area contributed by atoms with Crippen molar-refractivity contribution in [2.24, 2.45) is 5.92 Å². The third kappa shape index (κ3) is 7.23. The molecule has 5 heterocycles. The van der Waals surface area contributed by atoms with Gasteiger partial charge in [0.2, 0.25) is 0 Å². The number of nitrogens with one attached hydrogen (secondary N) is 1. The van der Waals surface area contributed by atoms with Crippen molar-refractivity contribution < 1.29 is 4.79 Å². The number of likely N-dealkylation sites (tertiary alicyclic amines) is 2. The second kappa shape index (κ2) is 13.0. The summed E-state index contributed by atoms with van der Waals surface area (Å²) in [6.45, 7) is 5.64. The summed E-state index contributed by atoms with van der Waals surface area (Å²) in [5, 5.41) is 13.7. The summed E-state index contributed by atoms with van der Waals surface area (Å²) in [4.78, 5) is 32.7. The molecule has 3 N–H and O–H groups in total. The number of piperidine rings is 2. The third-order valence-electron chi connectivity index (χ3n) is 7.53. The number of nitrogen functional groups attached to an aromatic ring is 1. The monoisotopic (exact) mass is 606 g/mol. The molecular weight excluding hydrogens is 571 g/mol. The number of pyridine rings is 2. The van der Waals surface area contributed by atoms with E-state index in [9.17, 15) is 10.1 Å². The molecule has 5 rings (SSSR count). The van der Waals surface area contributed by atoms with E-state index in [-0.39, 0.29) is 5.91 Å². The molecule has 3 aromatic rings. The van der Waals surface area contributed by atoms with Crippen LogP contribution >= 0.6 is 11.3 Å². The quantitative estimate of drug-likeness (QED) is 0.375. The number of rotatable bonds is 8. The summed E-state index contributed by atoms with van der Waals surface area (Å²) in [5.41, 5.74) is 8.29. The molecule has 2 aliphatic heterocycles. The fraction of sp³-hybridized carbons (Fsp3) is 0.464. The molecule has 1 unspecified atom stereocenters. The van der Waals surface area contributed by atoms with E-state index < -0.39 is 15.8 Å². The van der Waals surface area contributed by atoms with Crippen molar-refractivity contribution in [2.75, 3.05) is 45.5 Å². The summed E-state index contributed by atoms with van der Waals surface area (Å²) in [6.07, 6.45) is 8.05. The molecule has 2 aliphatic rings. The van der Waals surface area contributed by atoms with Crippen molar-refractivity contribution in [2.45, 2.75) is 36.9 Å². The first-order valence-electron chi connectivity index (χ1n) is 13.5. The van der Waals surface area contributed by atoms with Gasteiger partial charge >= 0.3 is 179 Å². The van der Waals surface area contributed by atoms with E-state index in [1.165, 1.54) is 4.88 Å². The number of hydrogen-bond acceptors (Lipinski definition) is 9. The van der Waals surface area contributed by atoms with E-state index in [1.807, 2.05) is 24.4 Å². The summed E-state index contributed by atoms with van der Waals surface area (Å²) >= 11 is 1.04. The molecule has 39 heavy (non-hydrogen) atoms. The van der Waals surface area contributed by atoms with Crippen LogP contribution in [0.15, 0.2) is 36.7 Å². The van der Waals surface area contributed by atoms with E-state index >= 15 is 0 Å². The Bertz CT molecular complexity index is 1310. The molecule has 9 nitrogen and oxygen atoms in total. The van der Waals surface area contributed by atoms with Gasteiger partial charge in [-0.3, -0.25) is 4.98 Å². The number of thiazole rings is 1. The molecule has 0 spiro atoms. The van der Waals surface area contributed by atoms with Crippen LogP contribution in [0.4, 0.5) is 5.69 Å². The number of carbonyl (C=O) groups is 1. The van der Waals surface area contributed by atoms with Gasteiger partial charge in [-0.25, -0.2) is 4.98 Å². The summed E-state index contributed by atoms with van der Waals surface area (Å²) in [7, 11) is 2.14. The molecule has 11 heteroatoms. The molecule has 204 valence electrons. The Morgan fingerprint density at radius 2 is 2.00 bits per heavy atom. The molecule has 1 atom stereocenters. The number of anilines is 1. The predicted molar refractivity (Wildman–Crippen MR) is 156 cm³/mol. The second-order valence-corrected chi connectivity index (χ2v) is 14.9. The third-order valence-corrected chi connectivity index (χ3v) is 11.9. The number of nitriles is 1. The van der Waals surface area contributed by atoms with Crippen LogP contribution in [-0.2, 0) is 6.54 Å². The number of hydrogen-bond donors (Lipinski definition) is 2. The minimum absolute atomic E-state index is 0.198. The van der Waals surface area contributed by atoms with Gasteiger partial charge in [0.1, 0.15) is 5.01 Å². The van der Waals surface area contributed by atoms with E-state index in [2.05, 4.69) is 43.2 Å². The van der Waals surface area contributed by atoms with Crippen LogP contribution in [0.2, 0.25) is 4.71 Å². The van der Waals surface area contributed by atoms with Crippen molar-refractivity contribution in [3.63, 3.8) is 0 Å². The summed E-state index contributed by atoms with van der Waals surface area (Å²) in [5.74, 6) is 0.232. The zero-order chi connectivity index (χ0) is 27.2. The van der Waals surface area contributed by atoms with Gasteiger partial charge in [-0.2, -0.15) is 0 Å². The molecule has 0 bridgehead atoms. The van der Waals surface area contributed by atoms with Gasteiger partial charge < -0.3 is 0 Å². The van der Waals surface area contributed by atoms with Crippen molar-refractivity contribution in [1.29, 1.82) is 5.26 Å². The average molecular weight is 607 g/mol. The Hall–Kier alpha value is -2.83. The van der Waals surface area contributed by atoms with Crippen molar-refractivity contribution in [3.8, 4) is 16.8 Å². The van der Waals surface area contributed by atoms with Gasteiger partial charge in [0.15, 0.2) is 0 Å². The Morgan fingerprint density at radius 3 is 2.72 bits per heavy atom. The van der Waals surface area contributed by atoms with Crippen LogP contribution < -0.4 is 15.5 Å². The molecule has 2 fully saturated rings. The Balaban J connectivity index is 1.11. The normalized spacial score (nSPS) is 17.9. The first kappa shape index (κ1) is 27.7. The number of carbonyl (C=O) groups excluding carboxylic acids is 1. The molecule has 0 radical (unpaired) electrons. The zero-order valence-corrected chi connectivity index (χ0v) is 25.2. The maximum absolute atomic E-state index is 13.0.